The zero-order valence-corrected chi connectivity index (χ0v) is 13.6. The van der Waals surface area contributed by atoms with Crippen molar-refractivity contribution in [1.82, 2.24) is 9.80 Å². The molecule has 0 radical (unpaired) electrons. The van der Waals surface area contributed by atoms with Crippen LogP contribution < -0.4 is 0 Å². The van der Waals surface area contributed by atoms with Crippen LogP contribution in [0.4, 0.5) is 0 Å². The largest absolute Gasteiger partial charge is 0.395 e. The van der Waals surface area contributed by atoms with Crippen LogP contribution in [0.1, 0.15) is 18.4 Å². The Morgan fingerprint density at radius 3 is 2.67 bits per heavy atom. The summed E-state index contributed by atoms with van der Waals surface area (Å²) in [6.07, 6.45) is 1.99. The lowest BCUT2D eigenvalue weighted by Crippen LogP contribution is -2.41. The Kier molecular flexibility index (Phi) is 5.88. The van der Waals surface area contributed by atoms with Gasteiger partial charge >= 0.3 is 0 Å². The maximum Gasteiger partial charge on any atom is 0.236 e. The van der Waals surface area contributed by atoms with Gasteiger partial charge in [0.2, 0.25) is 5.91 Å². The Morgan fingerprint density at radius 1 is 1.38 bits per heavy atom. The molecule has 1 atom stereocenters. The predicted molar refractivity (Wildman–Crippen MR) is 84.6 cm³/mol. The Hall–Kier alpha value is -0.810. The minimum absolute atomic E-state index is 0.0337. The molecule has 0 unspecified atom stereocenters. The Labute approximate surface area is 135 Å². The van der Waals surface area contributed by atoms with E-state index in [0.29, 0.717) is 23.1 Å². The molecule has 4 nitrogen and oxygen atoms in total. The van der Waals surface area contributed by atoms with Crippen LogP contribution in [0.25, 0.3) is 0 Å². The Bertz CT molecular complexity index is 490. The van der Waals surface area contributed by atoms with Crippen LogP contribution in [0.5, 0.6) is 0 Å². The normalized spacial score (nSPS) is 19.0. The quantitative estimate of drug-likeness (QED) is 0.901. The minimum atomic E-state index is 0.0337. The first-order valence-corrected chi connectivity index (χ1v) is 7.79. The van der Waals surface area contributed by atoms with E-state index in [0.717, 1.165) is 24.9 Å². The summed E-state index contributed by atoms with van der Waals surface area (Å²) in [5, 5.41) is 10.4. The third-order valence-electron chi connectivity index (χ3n) is 3.82. The molecule has 0 aromatic heterocycles. The third-order valence-corrected chi connectivity index (χ3v) is 4.25. The number of hydrogen-bond donors (Lipinski definition) is 1. The molecule has 1 aliphatic heterocycles. The molecule has 6 heteroatoms. The van der Waals surface area contributed by atoms with Crippen molar-refractivity contribution >= 4 is 29.1 Å². The fraction of sp³-hybridized carbons (Fsp3) is 0.533. The lowest BCUT2D eigenvalue weighted by Gasteiger charge is -2.25. The first-order chi connectivity index (χ1) is 9.99. The highest BCUT2D eigenvalue weighted by molar-refractivity contribution is 6.34. The average molecular weight is 331 g/mol. The number of likely N-dealkylation sites (tertiary alicyclic amines) is 1. The van der Waals surface area contributed by atoms with E-state index in [9.17, 15) is 9.90 Å². The lowest BCUT2D eigenvalue weighted by molar-refractivity contribution is -0.132. The van der Waals surface area contributed by atoms with E-state index in [1.54, 1.807) is 18.0 Å². The summed E-state index contributed by atoms with van der Waals surface area (Å²) >= 11 is 11.9. The van der Waals surface area contributed by atoms with Gasteiger partial charge in [0.15, 0.2) is 0 Å². The van der Waals surface area contributed by atoms with E-state index in [-0.39, 0.29) is 18.6 Å². The number of nitrogens with zero attached hydrogens (tertiary/aromatic N) is 2. The van der Waals surface area contributed by atoms with Crippen LogP contribution in [0, 0.1) is 0 Å². The molecular formula is C15H20Cl2N2O2. The fourth-order valence-electron chi connectivity index (χ4n) is 2.67. The van der Waals surface area contributed by atoms with E-state index in [1.807, 2.05) is 17.0 Å². The van der Waals surface area contributed by atoms with Crippen LogP contribution in [0.15, 0.2) is 18.2 Å². The molecule has 0 aliphatic carbocycles. The first kappa shape index (κ1) is 16.6. The second kappa shape index (κ2) is 7.45. The van der Waals surface area contributed by atoms with Gasteiger partial charge in [-0.2, -0.15) is 0 Å². The van der Waals surface area contributed by atoms with Crippen molar-refractivity contribution in [3.8, 4) is 0 Å². The average Bonchev–Trinajstić information content (AvgIpc) is 2.84. The van der Waals surface area contributed by atoms with E-state index in [2.05, 4.69) is 0 Å². The van der Waals surface area contributed by atoms with Gasteiger partial charge < -0.3 is 10.0 Å². The Morgan fingerprint density at radius 2 is 2.05 bits per heavy atom. The van der Waals surface area contributed by atoms with Gasteiger partial charge in [-0.25, -0.2) is 0 Å². The molecule has 1 heterocycles. The van der Waals surface area contributed by atoms with Crippen LogP contribution in [0.3, 0.4) is 0 Å². The molecule has 0 saturated carbocycles. The molecule has 1 aromatic carbocycles. The second-order valence-corrected chi connectivity index (χ2v) is 6.35. The molecular weight excluding hydrogens is 311 g/mol. The fourth-order valence-corrected chi connectivity index (χ4v) is 3.24. The van der Waals surface area contributed by atoms with E-state index >= 15 is 0 Å². The van der Waals surface area contributed by atoms with E-state index in [1.165, 1.54) is 0 Å². The van der Waals surface area contributed by atoms with Gasteiger partial charge in [-0.05, 0) is 43.1 Å². The number of benzene rings is 1. The van der Waals surface area contributed by atoms with Crippen LogP contribution >= 0.6 is 23.2 Å². The highest BCUT2D eigenvalue weighted by Crippen LogP contribution is 2.20. The lowest BCUT2D eigenvalue weighted by atomic mass is 10.2. The first-order valence-electron chi connectivity index (χ1n) is 7.03. The third kappa shape index (κ3) is 4.58. The number of rotatable bonds is 5. The molecule has 1 aliphatic rings. The topological polar surface area (TPSA) is 43.8 Å². The predicted octanol–water partition coefficient (Wildman–Crippen LogP) is 2.41. The van der Waals surface area contributed by atoms with Crippen LogP contribution in [-0.2, 0) is 11.3 Å². The minimum Gasteiger partial charge on any atom is -0.395 e. The van der Waals surface area contributed by atoms with Gasteiger partial charge in [0.25, 0.3) is 0 Å². The second-order valence-electron chi connectivity index (χ2n) is 5.48. The molecule has 1 fully saturated rings. The number of halogens is 2. The van der Waals surface area contributed by atoms with Crippen molar-refractivity contribution in [2.24, 2.45) is 0 Å². The summed E-state index contributed by atoms with van der Waals surface area (Å²) in [6.45, 7) is 1.79. The van der Waals surface area contributed by atoms with Gasteiger partial charge in [-0.3, -0.25) is 9.69 Å². The van der Waals surface area contributed by atoms with E-state index < -0.39 is 0 Å². The van der Waals surface area contributed by atoms with Gasteiger partial charge in [0.1, 0.15) is 0 Å². The smallest absolute Gasteiger partial charge is 0.236 e. The summed E-state index contributed by atoms with van der Waals surface area (Å²) in [6, 6.07) is 5.40. The van der Waals surface area contributed by atoms with Crippen molar-refractivity contribution in [3.63, 3.8) is 0 Å². The number of carbonyl (C=O) groups excluding carboxylic acids is 1. The van der Waals surface area contributed by atoms with E-state index in [4.69, 9.17) is 23.2 Å². The van der Waals surface area contributed by atoms with Crippen molar-refractivity contribution in [2.75, 3.05) is 26.7 Å². The highest BCUT2D eigenvalue weighted by atomic mass is 35.5. The summed E-state index contributed by atoms with van der Waals surface area (Å²) in [5.41, 5.74) is 0.906. The summed E-state index contributed by atoms with van der Waals surface area (Å²) < 4.78 is 0. The van der Waals surface area contributed by atoms with Crippen molar-refractivity contribution in [1.29, 1.82) is 0 Å². The van der Waals surface area contributed by atoms with Gasteiger partial charge in [0.05, 0.1) is 13.2 Å². The zero-order chi connectivity index (χ0) is 15.4. The summed E-state index contributed by atoms with van der Waals surface area (Å²) in [5.74, 6) is 0.0337. The molecule has 21 heavy (non-hydrogen) atoms. The van der Waals surface area contributed by atoms with Crippen molar-refractivity contribution < 1.29 is 9.90 Å². The Balaban J connectivity index is 1.93. The molecule has 1 N–H and O–H groups in total. The number of hydrogen-bond acceptors (Lipinski definition) is 3. The zero-order valence-electron chi connectivity index (χ0n) is 12.1. The number of aliphatic hydroxyl groups excluding tert-OH is 1. The number of likely N-dealkylation sites (N-methyl/N-ethyl adjacent to an activating group) is 1. The molecule has 1 amide bonds. The maximum absolute atomic E-state index is 12.3. The van der Waals surface area contributed by atoms with Crippen molar-refractivity contribution in [2.45, 2.75) is 25.4 Å². The highest BCUT2D eigenvalue weighted by Gasteiger charge is 2.26. The molecule has 1 aromatic rings. The molecule has 0 bridgehead atoms. The summed E-state index contributed by atoms with van der Waals surface area (Å²) in [4.78, 5) is 16.0. The molecule has 2 rings (SSSR count). The monoisotopic (exact) mass is 330 g/mol. The number of aliphatic hydroxyl groups is 1. The summed E-state index contributed by atoms with van der Waals surface area (Å²) in [7, 11) is 1.77. The van der Waals surface area contributed by atoms with Gasteiger partial charge in [-0.1, -0.05) is 23.2 Å². The van der Waals surface area contributed by atoms with Gasteiger partial charge in [0, 0.05) is 29.7 Å². The standard InChI is InChI=1S/C15H20Cl2N2O2/c1-18(8-11-5-12(16)7-13(17)6-11)15(21)9-19-4-2-3-14(19)10-20/h5-7,14,20H,2-4,8-10H2,1H3/t14-/m1/s1. The van der Waals surface area contributed by atoms with Crippen LogP contribution in [-0.4, -0.2) is 53.6 Å². The number of carbonyl (C=O) groups is 1. The van der Waals surface area contributed by atoms with Crippen LogP contribution in [0.2, 0.25) is 10.0 Å². The van der Waals surface area contributed by atoms with Crippen molar-refractivity contribution in [3.05, 3.63) is 33.8 Å². The molecule has 116 valence electrons. The number of amides is 1. The maximum atomic E-state index is 12.3. The molecule has 1 saturated heterocycles. The van der Waals surface area contributed by atoms with Gasteiger partial charge in [-0.15, -0.1) is 0 Å². The SMILES string of the molecule is CN(Cc1cc(Cl)cc(Cl)c1)C(=O)CN1CCC[C@@H]1CO. The molecule has 0 spiro atoms.